The van der Waals surface area contributed by atoms with E-state index in [1.807, 2.05) is 36.7 Å². The van der Waals surface area contributed by atoms with Crippen LogP contribution in [0.4, 0.5) is 0 Å². The zero-order chi connectivity index (χ0) is 14.2. The topological polar surface area (TPSA) is 67.7 Å². The molecule has 1 aromatic heterocycles. The monoisotopic (exact) mass is 256 g/mol. The van der Waals surface area contributed by atoms with Gasteiger partial charge in [0.2, 0.25) is 0 Å². The summed E-state index contributed by atoms with van der Waals surface area (Å²) in [6.07, 6.45) is 0. The number of aromatic nitrogens is 2. The fourth-order valence-electron chi connectivity index (χ4n) is 2.14. The first-order chi connectivity index (χ1) is 8.90. The molecule has 0 aliphatic heterocycles. The zero-order valence-electron chi connectivity index (χ0n) is 11.9. The predicted molar refractivity (Wildman–Crippen MR) is 77.7 cm³/mol. The van der Waals surface area contributed by atoms with Crippen molar-refractivity contribution in [2.24, 2.45) is 5.73 Å². The summed E-state index contributed by atoms with van der Waals surface area (Å²) in [5.41, 5.74) is 12.1. The number of aryl methyl sites for hydroxylation is 2. The van der Waals surface area contributed by atoms with Gasteiger partial charge in [0, 0.05) is 11.3 Å². The first kappa shape index (κ1) is 13.3. The lowest BCUT2D eigenvalue weighted by Gasteiger charge is -2.10. The molecule has 3 N–H and O–H groups in total. The maximum absolute atomic E-state index is 7.45. The molecule has 1 heterocycles. The van der Waals surface area contributed by atoms with Crippen molar-refractivity contribution < 1.29 is 0 Å². The lowest BCUT2D eigenvalue weighted by atomic mass is 10.0. The van der Waals surface area contributed by atoms with E-state index in [0.717, 1.165) is 23.4 Å². The van der Waals surface area contributed by atoms with Gasteiger partial charge in [0.25, 0.3) is 0 Å². The summed E-state index contributed by atoms with van der Waals surface area (Å²) in [4.78, 5) is 0. The van der Waals surface area contributed by atoms with E-state index in [-0.39, 0.29) is 5.84 Å². The number of benzene rings is 1. The van der Waals surface area contributed by atoms with Crippen LogP contribution in [0, 0.1) is 33.1 Å². The molecule has 0 aliphatic rings. The Labute approximate surface area is 113 Å². The summed E-state index contributed by atoms with van der Waals surface area (Å²) in [6, 6.07) is 5.87. The third-order valence-corrected chi connectivity index (χ3v) is 3.72. The van der Waals surface area contributed by atoms with Crippen LogP contribution in [-0.4, -0.2) is 15.6 Å². The normalized spacial score (nSPS) is 10.7. The highest BCUT2D eigenvalue weighted by molar-refractivity contribution is 5.95. The van der Waals surface area contributed by atoms with Gasteiger partial charge in [-0.05, 0) is 50.5 Å². The van der Waals surface area contributed by atoms with Gasteiger partial charge in [-0.1, -0.05) is 12.1 Å². The first-order valence-corrected chi connectivity index (χ1v) is 6.34. The van der Waals surface area contributed by atoms with E-state index in [1.54, 1.807) is 0 Å². The van der Waals surface area contributed by atoms with Gasteiger partial charge in [0.15, 0.2) is 0 Å². The van der Waals surface area contributed by atoms with Crippen molar-refractivity contribution in [1.29, 1.82) is 5.41 Å². The minimum atomic E-state index is 0.108. The second-order valence-electron chi connectivity index (χ2n) is 5.01. The third kappa shape index (κ3) is 2.52. The van der Waals surface area contributed by atoms with Gasteiger partial charge < -0.3 is 5.73 Å². The molecular weight excluding hydrogens is 236 g/mol. The molecule has 100 valence electrons. The van der Waals surface area contributed by atoms with Crippen LogP contribution in [0.25, 0.3) is 0 Å². The molecular formula is C15H20N4. The highest BCUT2D eigenvalue weighted by Crippen LogP contribution is 2.16. The van der Waals surface area contributed by atoms with Crippen LogP contribution in [-0.2, 0) is 6.54 Å². The number of amidine groups is 1. The maximum Gasteiger partial charge on any atom is 0.122 e. The molecule has 2 aromatic rings. The minimum Gasteiger partial charge on any atom is -0.384 e. The fourth-order valence-corrected chi connectivity index (χ4v) is 2.14. The van der Waals surface area contributed by atoms with Crippen molar-refractivity contribution in [1.82, 2.24) is 9.78 Å². The first-order valence-electron chi connectivity index (χ1n) is 6.34. The SMILES string of the molecule is Cc1cc(C(=N)N)ccc1Cn1nc(C)c(C)c1C. The summed E-state index contributed by atoms with van der Waals surface area (Å²) in [5.74, 6) is 0.108. The van der Waals surface area contributed by atoms with Crippen LogP contribution in [0.1, 0.15) is 33.6 Å². The number of nitrogens with two attached hydrogens (primary N) is 1. The standard InChI is InChI=1S/C15H20N4/c1-9-7-13(15(16)17)5-6-14(9)8-19-12(4)10(2)11(3)18-19/h5-7H,8H2,1-4H3,(H3,16,17). The number of hydrogen-bond acceptors (Lipinski definition) is 2. The highest BCUT2D eigenvalue weighted by Gasteiger charge is 2.09. The van der Waals surface area contributed by atoms with Gasteiger partial charge in [-0.2, -0.15) is 5.10 Å². The second kappa shape index (κ2) is 4.88. The van der Waals surface area contributed by atoms with Crippen LogP contribution in [0.15, 0.2) is 18.2 Å². The van der Waals surface area contributed by atoms with Crippen LogP contribution in [0.5, 0.6) is 0 Å². The lowest BCUT2D eigenvalue weighted by molar-refractivity contribution is 0.656. The average molecular weight is 256 g/mol. The van der Waals surface area contributed by atoms with Crippen molar-refractivity contribution >= 4 is 5.84 Å². The van der Waals surface area contributed by atoms with Crippen molar-refractivity contribution in [2.45, 2.75) is 34.2 Å². The molecule has 4 heteroatoms. The van der Waals surface area contributed by atoms with Crippen LogP contribution in [0.3, 0.4) is 0 Å². The van der Waals surface area contributed by atoms with E-state index in [2.05, 4.69) is 18.9 Å². The van der Waals surface area contributed by atoms with Gasteiger partial charge in [-0.25, -0.2) is 0 Å². The Morgan fingerprint density at radius 3 is 2.42 bits per heavy atom. The number of rotatable bonds is 3. The summed E-state index contributed by atoms with van der Waals surface area (Å²) in [5, 5.41) is 12.0. The molecule has 4 nitrogen and oxygen atoms in total. The number of nitrogens with one attached hydrogen (secondary N) is 1. The Morgan fingerprint density at radius 1 is 1.26 bits per heavy atom. The van der Waals surface area contributed by atoms with Crippen molar-refractivity contribution in [3.8, 4) is 0 Å². The molecule has 0 bridgehead atoms. The summed E-state index contributed by atoms with van der Waals surface area (Å²) < 4.78 is 2.03. The average Bonchev–Trinajstić information content (AvgIpc) is 2.59. The van der Waals surface area contributed by atoms with E-state index in [4.69, 9.17) is 11.1 Å². The van der Waals surface area contributed by atoms with Crippen LogP contribution in [0.2, 0.25) is 0 Å². The fraction of sp³-hybridized carbons (Fsp3) is 0.333. The molecule has 0 saturated carbocycles. The van der Waals surface area contributed by atoms with Gasteiger partial charge in [-0.3, -0.25) is 10.1 Å². The van der Waals surface area contributed by atoms with Gasteiger partial charge in [0.05, 0.1) is 12.2 Å². The molecule has 19 heavy (non-hydrogen) atoms. The minimum absolute atomic E-state index is 0.108. The number of nitrogens with zero attached hydrogens (tertiary/aromatic N) is 2. The van der Waals surface area contributed by atoms with E-state index < -0.39 is 0 Å². The molecule has 0 atom stereocenters. The van der Waals surface area contributed by atoms with Crippen molar-refractivity contribution in [2.75, 3.05) is 0 Å². The predicted octanol–water partition coefficient (Wildman–Crippen LogP) is 2.45. The Bertz CT molecular complexity index is 638. The quantitative estimate of drug-likeness (QED) is 0.654. The lowest BCUT2D eigenvalue weighted by Crippen LogP contribution is -2.12. The molecule has 0 unspecified atom stereocenters. The third-order valence-electron chi connectivity index (χ3n) is 3.72. The smallest absolute Gasteiger partial charge is 0.122 e. The van der Waals surface area contributed by atoms with Crippen LogP contribution >= 0.6 is 0 Å². The zero-order valence-corrected chi connectivity index (χ0v) is 11.9. The molecule has 1 aromatic carbocycles. The largest absolute Gasteiger partial charge is 0.384 e. The molecule has 0 radical (unpaired) electrons. The molecule has 2 rings (SSSR count). The number of hydrogen-bond donors (Lipinski definition) is 2. The van der Waals surface area contributed by atoms with Gasteiger partial charge in [0.1, 0.15) is 5.84 Å². The van der Waals surface area contributed by atoms with Crippen molar-refractivity contribution in [3.63, 3.8) is 0 Å². The molecule has 0 fully saturated rings. The summed E-state index contributed by atoms with van der Waals surface area (Å²) >= 11 is 0. The Kier molecular flexibility index (Phi) is 3.42. The van der Waals surface area contributed by atoms with E-state index >= 15 is 0 Å². The molecule has 0 saturated heterocycles. The van der Waals surface area contributed by atoms with Crippen LogP contribution < -0.4 is 5.73 Å². The Hall–Kier alpha value is -2.10. The summed E-state index contributed by atoms with van der Waals surface area (Å²) in [7, 11) is 0. The Morgan fingerprint density at radius 2 is 1.95 bits per heavy atom. The second-order valence-corrected chi connectivity index (χ2v) is 5.01. The highest BCUT2D eigenvalue weighted by atomic mass is 15.3. The van der Waals surface area contributed by atoms with Gasteiger partial charge in [-0.15, -0.1) is 0 Å². The van der Waals surface area contributed by atoms with E-state index in [9.17, 15) is 0 Å². The number of nitrogen functional groups attached to an aromatic ring is 1. The van der Waals surface area contributed by atoms with E-state index in [0.29, 0.717) is 0 Å². The Balaban J connectivity index is 2.33. The molecule has 0 spiro atoms. The van der Waals surface area contributed by atoms with Gasteiger partial charge >= 0.3 is 0 Å². The van der Waals surface area contributed by atoms with E-state index in [1.165, 1.54) is 16.8 Å². The summed E-state index contributed by atoms with van der Waals surface area (Å²) in [6.45, 7) is 9.02. The maximum atomic E-state index is 7.45. The molecule has 0 aliphatic carbocycles. The molecule has 0 amide bonds. The van der Waals surface area contributed by atoms with Crippen molar-refractivity contribution in [3.05, 3.63) is 51.8 Å².